The molecular weight excluding hydrogens is 320 g/mol. The summed E-state index contributed by atoms with van der Waals surface area (Å²) in [5.74, 6) is 0.658. The second-order valence-corrected chi connectivity index (χ2v) is 6.23. The number of amides is 1. The zero-order valence-electron chi connectivity index (χ0n) is 14.8. The summed E-state index contributed by atoms with van der Waals surface area (Å²) in [6.45, 7) is 7.62. The van der Waals surface area contributed by atoms with Crippen LogP contribution < -0.4 is 10.1 Å². The van der Waals surface area contributed by atoms with E-state index in [0.717, 1.165) is 5.56 Å². The van der Waals surface area contributed by atoms with E-state index in [2.05, 4.69) is 19.2 Å². The number of anilines is 1. The van der Waals surface area contributed by atoms with Gasteiger partial charge in [-0.2, -0.15) is 0 Å². The maximum absolute atomic E-state index is 12.3. The molecule has 2 rings (SSSR count). The largest absolute Gasteiger partial charge is 0.481 e. The van der Waals surface area contributed by atoms with E-state index in [1.165, 1.54) is 17.7 Å². The molecule has 0 spiro atoms. The van der Waals surface area contributed by atoms with E-state index in [1.54, 1.807) is 19.9 Å². The van der Waals surface area contributed by atoms with Crippen LogP contribution in [0.1, 0.15) is 37.8 Å². The summed E-state index contributed by atoms with van der Waals surface area (Å²) in [5.41, 5.74) is 2.27. The van der Waals surface area contributed by atoms with E-state index < -0.39 is 11.0 Å². The number of nitrogens with one attached hydrogen (secondary N) is 1. The summed E-state index contributed by atoms with van der Waals surface area (Å²) in [4.78, 5) is 22.7. The predicted molar refractivity (Wildman–Crippen MR) is 97.1 cm³/mol. The lowest BCUT2D eigenvalue weighted by Gasteiger charge is -2.16. The van der Waals surface area contributed by atoms with Crippen molar-refractivity contribution in [3.8, 4) is 5.75 Å². The van der Waals surface area contributed by atoms with E-state index in [0.29, 0.717) is 17.4 Å². The lowest BCUT2D eigenvalue weighted by Crippen LogP contribution is -2.30. The number of rotatable bonds is 6. The number of hydrogen-bond donors (Lipinski definition) is 1. The zero-order valence-corrected chi connectivity index (χ0v) is 14.8. The normalized spacial score (nSPS) is 11.9. The highest BCUT2D eigenvalue weighted by atomic mass is 16.6. The summed E-state index contributed by atoms with van der Waals surface area (Å²) < 4.78 is 5.65. The van der Waals surface area contributed by atoms with Gasteiger partial charge in [0.25, 0.3) is 11.6 Å². The molecule has 25 heavy (non-hydrogen) atoms. The van der Waals surface area contributed by atoms with Gasteiger partial charge in [0.1, 0.15) is 5.75 Å². The molecule has 0 aromatic heterocycles. The average Bonchev–Trinajstić information content (AvgIpc) is 2.57. The van der Waals surface area contributed by atoms with Gasteiger partial charge in [-0.15, -0.1) is 0 Å². The molecule has 0 saturated heterocycles. The molecular formula is C19H22N2O4. The molecule has 132 valence electrons. The highest BCUT2D eigenvalue weighted by Gasteiger charge is 2.17. The van der Waals surface area contributed by atoms with Crippen LogP contribution in [-0.2, 0) is 4.79 Å². The van der Waals surface area contributed by atoms with Gasteiger partial charge in [-0.05, 0) is 43.0 Å². The van der Waals surface area contributed by atoms with Crippen molar-refractivity contribution in [1.29, 1.82) is 0 Å². The number of hydrogen-bond acceptors (Lipinski definition) is 4. The first kappa shape index (κ1) is 18.4. The Bertz CT molecular complexity index is 769. The van der Waals surface area contributed by atoms with Crippen molar-refractivity contribution in [3.05, 3.63) is 63.7 Å². The van der Waals surface area contributed by atoms with Crippen LogP contribution in [-0.4, -0.2) is 16.9 Å². The average molecular weight is 342 g/mol. The van der Waals surface area contributed by atoms with E-state index in [9.17, 15) is 14.9 Å². The maximum atomic E-state index is 12.3. The summed E-state index contributed by atoms with van der Waals surface area (Å²) >= 11 is 0. The number of carbonyl (C=O) groups is 1. The SMILES string of the molecule is Cc1ccc([N+](=O)[O-])cc1NC(=O)C(C)Oc1ccc(C(C)C)cc1. The fraction of sp³-hybridized carbons (Fsp3) is 0.316. The monoisotopic (exact) mass is 342 g/mol. The number of benzene rings is 2. The minimum absolute atomic E-state index is 0.0706. The Hall–Kier alpha value is -2.89. The number of aryl methyl sites for hydroxylation is 1. The minimum atomic E-state index is -0.733. The van der Waals surface area contributed by atoms with Crippen LogP contribution in [0.2, 0.25) is 0 Å². The number of nitrogens with zero attached hydrogens (tertiary/aromatic N) is 1. The highest BCUT2D eigenvalue weighted by Crippen LogP contribution is 2.23. The summed E-state index contributed by atoms with van der Waals surface area (Å²) in [6.07, 6.45) is -0.733. The van der Waals surface area contributed by atoms with Gasteiger partial charge in [0.2, 0.25) is 0 Å². The Balaban J connectivity index is 2.05. The Morgan fingerprint density at radius 2 is 1.76 bits per heavy atom. The first-order chi connectivity index (χ1) is 11.8. The number of nitro benzene ring substituents is 1. The molecule has 1 atom stereocenters. The molecule has 0 fully saturated rings. The number of carbonyl (C=O) groups excluding carboxylic acids is 1. The minimum Gasteiger partial charge on any atom is -0.481 e. The fourth-order valence-corrected chi connectivity index (χ4v) is 2.28. The van der Waals surface area contributed by atoms with Crippen molar-refractivity contribution in [1.82, 2.24) is 0 Å². The predicted octanol–water partition coefficient (Wildman–Crippen LogP) is 4.43. The van der Waals surface area contributed by atoms with Crippen LogP contribution >= 0.6 is 0 Å². The van der Waals surface area contributed by atoms with Crippen molar-refractivity contribution < 1.29 is 14.5 Å². The van der Waals surface area contributed by atoms with Gasteiger partial charge < -0.3 is 10.1 Å². The van der Waals surface area contributed by atoms with Crippen LogP contribution in [0, 0.1) is 17.0 Å². The summed E-state index contributed by atoms with van der Waals surface area (Å²) in [7, 11) is 0. The number of nitro groups is 1. The topological polar surface area (TPSA) is 81.5 Å². The van der Waals surface area contributed by atoms with Crippen LogP contribution in [0.5, 0.6) is 5.75 Å². The van der Waals surface area contributed by atoms with Gasteiger partial charge >= 0.3 is 0 Å². The zero-order chi connectivity index (χ0) is 18.6. The highest BCUT2D eigenvalue weighted by molar-refractivity contribution is 5.95. The van der Waals surface area contributed by atoms with Crippen molar-refractivity contribution >= 4 is 17.3 Å². The molecule has 0 aliphatic carbocycles. The summed E-state index contributed by atoms with van der Waals surface area (Å²) in [6, 6.07) is 11.9. The van der Waals surface area contributed by atoms with Gasteiger partial charge in [0, 0.05) is 12.1 Å². The standard InChI is InChI=1S/C19H22N2O4/c1-12(2)15-6-9-17(10-7-15)25-14(4)19(22)20-18-11-16(21(23)24)8-5-13(18)3/h5-12,14H,1-4H3,(H,20,22). The quantitative estimate of drug-likeness (QED) is 0.622. The molecule has 0 heterocycles. The van der Waals surface area contributed by atoms with Crippen molar-refractivity contribution in [2.24, 2.45) is 0 Å². The fourth-order valence-electron chi connectivity index (χ4n) is 2.28. The number of ether oxygens (including phenoxy) is 1. The lowest BCUT2D eigenvalue weighted by atomic mass is 10.0. The third-order valence-electron chi connectivity index (χ3n) is 3.92. The van der Waals surface area contributed by atoms with Crippen molar-refractivity contribution in [3.63, 3.8) is 0 Å². The van der Waals surface area contributed by atoms with E-state index in [4.69, 9.17) is 4.74 Å². The van der Waals surface area contributed by atoms with E-state index in [1.807, 2.05) is 24.3 Å². The molecule has 0 saturated carbocycles. The molecule has 0 aliphatic rings. The number of non-ortho nitro benzene ring substituents is 1. The Morgan fingerprint density at radius 1 is 1.12 bits per heavy atom. The molecule has 6 nitrogen and oxygen atoms in total. The van der Waals surface area contributed by atoms with Crippen molar-refractivity contribution in [2.45, 2.75) is 39.7 Å². The second-order valence-electron chi connectivity index (χ2n) is 6.23. The first-order valence-electron chi connectivity index (χ1n) is 8.10. The maximum Gasteiger partial charge on any atom is 0.271 e. The summed E-state index contributed by atoms with van der Waals surface area (Å²) in [5, 5.41) is 13.6. The van der Waals surface area contributed by atoms with Gasteiger partial charge in [-0.25, -0.2) is 0 Å². The molecule has 1 N–H and O–H groups in total. The van der Waals surface area contributed by atoms with Crippen LogP contribution in [0.15, 0.2) is 42.5 Å². The van der Waals surface area contributed by atoms with Gasteiger partial charge in [-0.1, -0.05) is 32.0 Å². The van der Waals surface area contributed by atoms with E-state index in [-0.39, 0.29) is 11.6 Å². The first-order valence-corrected chi connectivity index (χ1v) is 8.10. The molecule has 1 amide bonds. The van der Waals surface area contributed by atoms with Gasteiger partial charge in [0.05, 0.1) is 10.6 Å². The molecule has 0 aliphatic heterocycles. The van der Waals surface area contributed by atoms with E-state index >= 15 is 0 Å². The Labute approximate surface area is 147 Å². The molecule has 2 aromatic rings. The molecule has 2 aromatic carbocycles. The van der Waals surface area contributed by atoms with Gasteiger partial charge in [0.15, 0.2) is 6.10 Å². The Kier molecular flexibility index (Phi) is 5.75. The van der Waals surface area contributed by atoms with Crippen LogP contribution in [0.25, 0.3) is 0 Å². The smallest absolute Gasteiger partial charge is 0.271 e. The third kappa shape index (κ3) is 4.79. The molecule has 6 heteroatoms. The second kappa shape index (κ2) is 7.79. The third-order valence-corrected chi connectivity index (χ3v) is 3.92. The van der Waals surface area contributed by atoms with Crippen LogP contribution in [0.3, 0.4) is 0 Å². The lowest BCUT2D eigenvalue weighted by molar-refractivity contribution is -0.384. The molecule has 0 bridgehead atoms. The molecule has 0 radical (unpaired) electrons. The van der Waals surface area contributed by atoms with Crippen LogP contribution in [0.4, 0.5) is 11.4 Å². The van der Waals surface area contributed by atoms with Crippen molar-refractivity contribution in [2.75, 3.05) is 5.32 Å². The van der Waals surface area contributed by atoms with Gasteiger partial charge in [-0.3, -0.25) is 14.9 Å². The molecule has 1 unspecified atom stereocenters. The Morgan fingerprint density at radius 3 is 2.32 bits per heavy atom.